The summed E-state index contributed by atoms with van der Waals surface area (Å²) in [6, 6.07) is 12.5. The largest absolute Gasteiger partial charge is 0.467 e. The maximum absolute atomic E-state index is 13.8. The van der Waals surface area contributed by atoms with Gasteiger partial charge in [0.05, 0.1) is 29.3 Å². The smallest absolute Gasteiger partial charge is 0.302 e. The van der Waals surface area contributed by atoms with Gasteiger partial charge in [0.1, 0.15) is 35.2 Å². The van der Waals surface area contributed by atoms with E-state index in [0.29, 0.717) is 15.9 Å². The number of oxazole rings is 1. The molecule has 0 aromatic carbocycles. The molecule has 0 atom stereocenters. The third-order valence-corrected chi connectivity index (χ3v) is 6.89. The molecule has 0 spiro atoms. The Kier molecular flexibility index (Phi) is 6.87. The Morgan fingerprint density at radius 2 is 2.11 bits per heavy atom. The maximum atomic E-state index is 13.8. The van der Waals surface area contributed by atoms with E-state index in [1.165, 1.54) is 28.4 Å². The summed E-state index contributed by atoms with van der Waals surface area (Å²) in [5, 5.41) is 17.7. The van der Waals surface area contributed by atoms with Crippen LogP contribution in [-0.2, 0) is 13.1 Å². The van der Waals surface area contributed by atoms with Gasteiger partial charge in [-0.1, -0.05) is 11.6 Å². The van der Waals surface area contributed by atoms with Crippen LogP contribution >= 0.6 is 22.9 Å². The van der Waals surface area contributed by atoms with Crippen LogP contribution < -0.4 is 15.8 Å². The van der Waals surface area contributed by atoms with E-state index < -0.39 is 11.5 Å². The van der Waals surface area contributed by atoms with Crippen molar-refractivity contribution in [1.82, 2.24) is 19.3 Å². The van der Waals surface area contributed by atoms with Crippen molar-refractivity contribution < 1.29 is 13.6 Å². The summed E-state index contributed by atoms with van der Waals surface area (Å²) in [5.74, 6) is 0.693. The number of nitrogens with one attached hydrogen (secondary N) is 1. The molecule has 0 fully saturated rings. The second kappa shape index (κ2) is 10.4. The van der Waals surface area contributed by atoms with Crippen LogP contribution in [0.4, 0.5) is 11.6 Å². The van der Waals surface area contributed by atoms with Crippen molar-refractivity contribution in [2.45, 2.75) is 13.1 Å². The standard InChI is InChI=1S/C25H20ClN7O4S/c1-31(2)21-8-6-17(24(34)32(21)12-15-4-3-9-37-15)22-18(10-27)23(28-11-16-5-7-20(26)38-16)33(30-22)25(35)19-13-36-14-29-19/h3-9,13-14,28H,11-12H2,1-2H3. The number of carbonyl (C=O) groups is 1. The highest BCUT2D eigenvalue weighted by Crippen LogP contribution is 2.30. The van der Waals surface area contributed by atoms with Crippen LogP contribution in [0.2, 0.25) is 4.34 Å². The highest BCUT2D eigenvalue weighted by Gasteiger charge is 2.27. The van der Waals surface area contributed by atoms with Gasteiger partial charge in [0.25, 0.3) is 5.56 Å². The zero-order valence-electron chi connectivity index (χ0n) is 20.2. The minimum absolute atomic E-state index is 0.0102. The zero-order valence-corrected chi connectivity index (χ0v) is 21.8. The van der Waals surface area contributed by atoms with Gasteiger partial charge in [-0.05, 0) is 36.4 Å². The minimum atomic E-state index is -0.631. The maximum Gasteiger partial charge on any atom is 0.302 e. The molecule has 13 heteroatoms. The Hall–Kier alpha value is -4.60. The third-order valence-electron chi connectivity index (χ3n) is 5.66. The molecule has 0 unspecified atom stereocenters. The average molecular weight is 550 g/mol. The molecule has 1 N–H and O–H groups in total. The number of pyridine rings is 1. The first-order chi connectivity index (χ1) is 18.4. The van der Waals surface area contributed by atoms with Crippen molar-refractivity contribution in [3.63, 3.8) is 0 Å². The highest BCUT2D eigenvalue weighted by atomic mass is 35.5. The molecule has 192 valence electrons. The summed E-state index contributed by atoms with van der Waals surface area (Å²) in [7, 11) is 3.63. The Bertz CT molecular complexity index is 1690. The van der Waals surface area contributed by atoms with Crippen LogP contribution in [0.1, 0.15) is 26.7 Å². The Labute approximate surface area is 225 Å². The molecule has 0 amide bonds. The lowest BCUT2D eigenvalue weighted by Crippen LogP contribution is -2.28. The number of anilines is 2. The molecule has 5 rings (SSSR count). The molecule has 38 heavy (non-hydrogen) atoms. The first-order valence-corrected chi connectivity index (χ1v) is 12.4. The number of furan rings is 1. The molecule has 0 saturated carbocycles. The Balaban J connectivity index is 1.66. The topological polar surface area (TPSA) is 135 Å². The lowest BCUT2D eigenvalue weighted by atomic mass is 10.1. The number of carbonyl (C=O) groups excluding carboxylic acids is 1. The fraction of sp³-hybridized carbons (Fsp3) is 0.160. The SMILES string of the molecule is CN(C)c1ccc(-c2nn(C(=O)c3cocn3)c(NCc3ccc(Cl)s3)c2C#N)c(=O)n1Cc1ccco1. The molecule has 0 aliphatic heterocycles. The third kappa shape index (κ3) is 4.72. The number of nitrogens with zero attached hydrogens (tertiary/aromatic N) is 6. The van der Waals surface area contributed by atoms with Gasteiger partial charge in [0, 0.05) is 19.0 Å². The molecule has 0 aliphatic rings. The fourth-order valence-corrected chi connectivity index (χ4v) is 4.94. The van der Waals surface area contributed by atoms with E-state index in [9.17, 15) is 14.9 Å². The summed E-state index contributed by atoms with van der Waals surface area (Å²) in [5.41, 5.74) is -0.181. The number of hydrogen-bond donors (Lipinski definition) is 1. The second-order valence-corrected chi connectivity index (χ2v) is 10.1. The number of nitriles is 1. The molecule has 0 radical (unpaired) electrons. The normalized spacial score (nSPS) is 10.9. The van der Waals surface area contributed by atoms with Gasteiger partial charge in [0.2, 0.25) is 0 Å². The van der Waals surface area contributed by atoms with Gasteiger partial charge in [-0.25, -0.2) is 4.98 Å². The minimum Gasteiger partial charge on any atom is -0.467 e. The summed E-state index contributed by atoms with van der Waals surface area (Å²) >= 11 is 7.41. The van der Waals surface area contributed by atoms with Crippen LogP contribution in [0, 0.1) is 11.3 Å². The predicted octanol–water partition coefficient (Wildman–Crippen LogP) is 4.29. The van der Waals surface area contributed by atoms with Crippen LogP contribution in [0.25, 0.3) is 11.3 Å². The molecule has 11 nitrogen and oxygen atoms in total. The van der Waals surface area contributed by atoms with E-state index in [1.54, 1.807) is 35.2 Å². The van der Waals surface area contributed by atoms with Crippen LogP contribution in [-0.4, -0.2) is 39.3 Å². The van der Waals surface area contributed by atoms with Gasteiger partial charge >= 0.3 is 5.91 Å². The summed E-state index contributed by atoms with van der Waals surface area (Å²) in [6.45, 7) is 0.434. The Morgan fingerprint density at radius 3 is 2.74 bits per heavy atom. The van der Waals surface area contributed by atoms with Crippen molar-refractivity contribution in [3.05, 3.63) is 91.9 Å². The van der Waals surface area contributed by atoms with Gasteiger partial charge in [-0.2, -0.15) is 15.0 Å². The van der Waals surface area contributed by atoms with Gasteiger partial charge < -0.3 is 19.1 Å². The van der Waals surface area contributed by atoms with E-state index in [0.717, 1.165) is 16.0 Å². The van der Waals surface area contributed by atoms with Crippen molar-refractivity contribution in [2.75, 3.05) is 24.3 Å². The summed E-state index contributed by atoms with van der Waals surface area (Å²) in [6.07, 6.45) is 3.83. The summed E-state index contributed by atoms with van der Waals surface area (Å²) < 4.78 is 13.6. The summed E-state index contributed by atoms with van der Waals surface area (Å²) in [4.78, 5) is 33.6. The van der Waals surface area contributed by atoms with E-state index in [-0.39, 0.29) is 41.4 Å². The molecule has 0 saturated heterocycles. The molecular weight excluding hydrogens is 530 g/mol. The number of thiophene rings is 1. The van der Waals surface area contributed by atoms with E-state index in [2.05, 4.69) is 21.5 Å². The van der Waals surface area contributed by atoms with Crippen LogP contribution in [0.3, 0.4) is 0 Å². The monoisotopic (exact) mass is 549 g/mol. The van der Waals surface area contributed by atoms with Crippen LogP contribution in [0.15, 0.2) is 68.9 Å². The quantitative estimate of drug-likeness (QED) is 0.300. The molecule has 0 aliphatic carbocycles. The molecule has 5 heterocycles. The second-order valence-electron chi connectivity index (χ2n) is 8.30. The van der Waals surface area contributed by atoms with Crippen molar-refractivity contribution in [3.8, 4) is 17.3 Å². The van der Waals surface area contributed by atoms with Gasteiger partial charge in [-0.3, -0.25) is 14.2 Å². The van der Waals surface area contributed by atoms with E-state index >= 15 is 0 Å². The molecular formula is C25H20ClN7O4S. The van der Waals surface area contributed by atoms with Crippen molar-refractivity contribution in [1.29, 1.82) is 5.26 Å². The highest BCUT2D eigenvalue weighted by molar-refractivity contribution is 7.16. The first kappa shape index (κ1) is 25.1. The number of rotatable bonds is 8. The molecule has 0 bridgehead atoms. The van der Waals surface area contributed by atoms with E-state index in [1.807, 2.05) is 20.2 Å². The number of halogens is 1. The average Bonchev–Trinajstić information content (AvgIpc) is 3.70. The fourth-order valence-electron chi connectivity index (χ4n) is 3.92. The van der Waals surface area contributed by atoms with Gasteiger partial charge in [0.15, 0.2) is 17.9 Å². The predicted molar refractivity (Wildman–Crippen MR) is 142 cm³/mol. The first-order valence-electron chi connectivity index (χ1n) is 11.3. The number of hydrogen-bond acceptors (Lipinski definition) is 10. The van der Waals surface area contributed by atoms with Gasteiger partial charge in [-0.15, -0.1) is 11.3 Å². The molecule has 5 aromatic heterocycles. The zero-order chi connectivity index (χ0) is 26.8. The number of aromatic nitrogens is 4. The Morgan fingerprint density at radius 1 is 1.26 bits per heavy atom. The van der Waals surface area contributed by atoms with E-state index in [4.69, 9.17) is 20.4 Å². The lowest BCUT2D eigenvalue weighted by Gasteiger charge is -2.19. The van der Waals surface area contributed by atoms with Crippen molar-refractivity contribution >= 4 is 40.5 Å². The molecule has 5 aromatic rings. The lowest BCUT2D eigenvalue weighted by molar-refractivity contribution is 0.0943. The van der Waals surface area contributed by atoms with Crippen molar-refractivity contribution in [2.24, 2.45) is 0 Å². The van der Waals surface area contributed by atoms with Crippen LogP contribution in [0.5, 0.6) is 0 Å².